The Morgan fingerprint density at radius 3 is 2.56 bits per heavy atom. The highest BCUT2D eigenvalue weighted by molar-refractivity contribution is 5.81. The summed E-state index contributed by atoms with van der Waals surface area (Å²) in [5.74, 6) is 0. The van der Waals surface area contributed by atoms with Crippen molar-refractivity contribution in [3.63, 3.8) is 0 Å². The summed E-state index contributed by atoms with van der Waals surface area (Å²) in [5.41, 5.74) is -0.0661. The van der Waals surface area contributed by atoms with Gasteiger partial charge in [-0.3, -0.25) is 4.57 Å². The van der Waals surface area contributed by atoms with Crippen molar-refractivity contribution in [2.75, 3.05) is 0 Å². The van der Waals surface area contributed by atoms with Gasteiger partial charge in [0.2, 0.25) is 0 Å². The zero-order valence-electron chi connectivity index (χ0n) is 9.66. The highest BCUT2D eigenvalue weighted by Crippen LogP contribution is 2.21. The third-order valence-corrected chi connectivity index (χ3v) is 2.64. The molecule has 0 amide bonds. The number of hydrogen-bond acceptors (Lipinski definition) is 2. The van der Waals surface area contributed by atoms with Gasteiger partial charge in [0.1, 0.15) is 6.54 Å². The highest BCUT2D eigenvalue weighted by Gasteiger charge is 2.29. The Bertz CT molecular complexity index is 631. The fourth-order valence-electron chi connectivity index (χ4n) is 1.89. The van der Waals surface area contributed by atoms with E-state index in [1.807, 2.05) is 6.92 Å². The number of para-hydroxylation sites is 1. The van der Waals surface area contributed by atoms with Crippen molar-refractivity contribution in [3.8, 4) is 0 Å². The summed E-state index contributed by atoms with van der Waals surface area (Å²) in [4.78, 5) is 15.4. The molecule has 0 radical (unpaired) electrons. The lowest BCUT2D eigenvalue weighted by Crippen LogP contribution is -2.31. The lowest BCUT2D eigenvalue weighted by atomic mass is 10.1. The van der Waals surface area contributed by atoms with Crippen molar-refractivity contribution in [1.82, 2.24) is 9.55 Å². The Hall–Kier alpha value is -1.85. The molecule has 0 fully saturated rings. The van der Waals surface area contributed by atoms with Gasteiger partial charge < -0.3 is 0 Å². The first-order valence-corrected chi connectivity index (χ1v) is 5.47. The van der Waals surface area contributed by atoms with E-state index >= 15 is 0 Å². The van der Waals surface area contributed by atoms with Crippen molar-refractivity contribution < 1.29 is 13.2 Å². The lowest BCUT2D eigenvalue weighted by molar-refractivity contribution is -0.140. The van der Waals surface area contributed by atoms with Gasteiger partial charge in [-0.2, -0.15) is 18.2 Å². The Morgan fingerprint density at radius 1 is 1.28 bits per heavy atom. The molecule has 0 saturated carbocycles. The van der Waals surface area contributed by atoms with E-state index in [4.69, 9.17) is 0 Å². The molecule has 18 heavy (non-hydrogen) atoms. The fraction of sp³-hybridized carbons (Fsp3) is 0.333. The van der Waals surface area contributed by atoms with Crippen LogP contribution in [0.2, 0.25) is 0 Å². The maximum atomic E-state index is 12.4. The smallest absolute Gasteiger partial charge is 0.283 e. The van der Waals surface area contributed by atoms with Crippen molar-refractivity contribution in [3.05, 3.63) is 40.4 Å². The van der Waals surface area contributed by atoms with Crippen LogP contribution in [0.15, 0.2) is 29.1 Å². The predicted molar refractivity (Wildman–Crippen MR) is 61.4 cm³/mol. The van der Waals surface area contributed by atoms with E-state index in [0.29, 0.717) is 22.1 Å². The molecule has 2 aromatic rings. The molecule has 0 atom stereocenters. The monoisotopic (exact) mass is 256 g/mol. The Balaban J connectivity index is 2.74. The summed E-state index contributed by atoms with van der Waals surface area (Å²) in [7, 11) is 0. The van der Waals surface area contributed by atoms with Crippen LogP contribution in [0.4, 0.5) is 13.2 Å². The van der Waals surface area contributed by atoms with Gasteiger partial charge in [0.05, 0.1) is 11.2 Å². The third kappa shape index (κ3) is 2.37. The van der Waals surface area contributed by atoms with Gasteiger partial charge in [-0.1, -0.05) is 25.1 Å². The van der Waals surface area contributed by atoms with Gasteiger partial charge in [0, 0.05) is 5.39 Å². The Labute approximate surface area is 101 Å². The minimum Gasteiger partial charge on any atom is -0.283 e. The molecular weight excluding hydrogens is 245 g/mol. The molecule has 0 spiro atoms. The molecule has 0 unspecified atom stereocenters. The SMILES string of the molecule is CCc1nc(=O)n(CC(F)(F)F)c2ccccc12. The zero-order chi connectivity index (χ0) is 13.3. The molecule has 96 valence electrons. The summed E-state index contributed by atoms with van der Waals surface area (Å²) in [6, 6.07) is 6.50. The van der Waals surface area contributed by atoms with Gasteiger partial charge in [-0.15, -0.1) is 0 Å². The number of nitrogens with zero attached hydrogens (tertiary/aromatic N) is 2. The van der Waals surface area contributed by atoms with Gasteiger partial charge >= 0.3 is 11.9 Å². The van der Waals surface area contributed by atoms with E-state index in [-0.39, 0.29) is 5.52 Å². The topological polar surface area (TPSA) is 34.9 Å². The van der Waals surface area contributed by atoms with E-state index in [0.717, 1.165) is 0 Å². The molecule has 1 aromatic heterocycles. The summed E-state index contributed by atoms with van der Waals surface area (Å²) in [6.45, 7) is 0.492. The predicted octanol–water partition coefficient (Wildman–Crippen LogP) is 2.52. The van der Waals surface area contributed by atoms with Gasteiger partial charge in [0.15, 0.2) is 0 Å². The van der Waals surface area contributed by atoms with Crippen molar-refractivity contribution in [1.29, 1.82) is 0 Å². The van der Waals surface area contributed by atoms with Crippen LogP contribution < -0.4 is 5.69 Å². The van der Waals surface area contributed by atoms with Crippen molar-refractivity contribution in [2.45, 2.75) is 26.1 Å². The second-order valence-corrected chi connectivity index (χ2v) is 3.91. The van der Waals surface area contributed by atoms with Crippen molar-refractivity contribution >= 4 is 10.9 Å². The third-order valence-electron chi connectivity index (χ3n) is 2.64. The van der Waals surface area contributed by atoms with Gasteiger partial charge in [-0.05, 0) is 12.5 Å². The first-order chi connectivity index (χ1) is 8.42. The van der Waals surface area contributed by atoms with E-state index in [9.17, 15) is 18.0 Å². The minimum absolute atomic E-state index is 0.270. The first kappa shape index (κ1) is 12.6. The largest absolute Gasteiger partial charge is 0.406 e. The average Bonchev–Trinajstić information content (AvgIpc) is 2.31. The molecule has 0 N–H and O–H groups in total. The van der Waals surface area contributed by atoms with Crippen LogP contribution in [0.5, 0.6) is 0 Å². The van der Waals surface area contributed by atoms with Crippen LogP contribution in [0.25, 0.3) is 10.9 Å². The van der Waals surface area contributed by atoms with E-state index < -0.39 is 18.4 Å². The summed E-state index contributed by atoms with van der Waals surface area (Å²) < 4.78 is 38.0. The molecule has 0 saturated heterocycles. The van der Waals surface area contributed by atoms with Gasteiger partial charge in [-0.25, -0.2) is 4.79 Å². The molecule has 6 heteroatoms. The van der Waals surface area contributed by atoms with Crippen LogP contribution in [0.1, 0.15) is 12.6 Å². The quantitative estimate of drug-likeness (QED) is 0.827. The zero-order valence-corrected chi connectivity index (χ0v) is 9.66. The van der Waals surface area contributed by atoms with E-state index in [1.165, 1.54) is 6.07 Å². The van der Waals surface area contributed by atoms with Crippen molar-refractivity contribution in [2.24, 2.45) is 0 Å². The number of fused-ring (bicyclic) bond motifs is 1. The van der Waals surface area contributed by atoms with E-state index in [2.05, 4.69) is 4.98 Å². The molecule has 0 aliphatic carbocycles. The fourth-order valence-corrected chi connectivity index (χ4v) is 1.89. The van der Waals surface area contributed by atoms with Crippen LogP contribution in [-0.2, 0) is 13.0 Å². The summed E-state index contributed by atoms with van der Waals surface area (Å²) in [6.07, 6.45) is -3.94. The molecule has 0 aliphatic rings. The number of halogens is 3. The molecular formula is C12H11F3N2O. The maximum Gasteiger partial charge on any atom is 0.406 e. The van der Waals surface area contributed by atoms with E-state index in [1.54, 1.807) is 18.2 Å². The average molecular weight is 256 g/mol. The molecule has 1 aromatic carbocycles. The van der Waals surface area contributed by atoms with Crippen LogP contribution >= 0.6 is 0 Å². The maximum absolute atomic E-state index is 12.4. The number of aryl methyl sites for hydroxylation is 1. The Kier molecular flexibility index (Phi) is 3.11. The van der Waals surface area contributed by atoms with Crippen LogP contribution in [0, 0.1) is 0 Å². The Morgan fingerprint density at radius 2 is 1.94 bits per heavy atom. The number of hydrogen-bond donors (Lipinski definition) is 0. The lowest BCUT2D eigenvalue weighted by Gasteiger charge is -2.13. The van der Waals surface area contributed by atoms with Crippen LogP contribution in [0.3, 0.4) is 0 Å². The molecule has 3 nitrogen and oxygen atoms in total. The van der Waals surface area contributed by atoms with Gasteiger partial charge in [0.25, 0.3) is 0 Å². The molecule has 0 bridgehead atoms. The number of rotatable bonds is 2. The van der Waals surface area contributed by atoms with Crippen LogP contribution in [-0.4, -0.2) is 15.7 Å². The highest BCUT2D eigenvalue weighted by atomic mass is 19.4. The molecule has 1 heterocycles. The standard InChI is InChI=1S/C12H11F3N2O/c1-2-9-8-5-3-4-6-10(8)17(11(18)16-9)7-12(13,14)15/h3-6H,2,7H2,1H3. The first-order valence-electron chi connectivity index (χ1n) is 5.47. The minimum atomic E-state index is -4.44. The number of aromatic nitrogens is 2. The number of alkyl halides is 3. The summed E-state index contributed by atoms with van der Waals surface area (Å²) in [5, 5.41) is 0.587. The number of benzene rings is 1. The second kappa shape index (κ2) is 4.44. The normalized spacial score (nSPS) is 12.0. The second-order valence-electron chi connectivity index (χ2n) is 3.91. The molecule has 0 aliphatic heterocycles. The molecule has 2 rings (SSSR count). The summed E-state index contributed by atoms with van der Waals surface area (Å²) >= 11 is 0.